The zero-order valence-corrected chi connectivity index (χ0v) is 17.0. The molecule has 0 radical (unpaired) electrons. The quantitative estimate of drug-likeness (QED) is 0.661. The number of nitrogens with zero attached hydrogens (tertiary/aromatic N) is 4. The minimum absolute atomic E-state index is 0.215. The third-order valence-corrected chi connectivity index (χ3v) is 7.15. The van der Waals surface area contributed by atoms with E-state index in [2.05, 4.69) is 20.4 Å². The third-order valence-electron chi connectivity index (χ3n) is 4.98. The summed E-state index contributed by atoms with van der Waals surface area (Å²) in [6.07, 6.45) is 2.08. The monoisotopic (exact) mass is 418 g/mol. The molecule has 2 N–H and O–H groups in total. The molecule has 0 aromatic carbocycles. The van der Waals surface area contributed by atoms with Crippen LogP contribution in [0.4, 0.5) is 0 Å². The van der Waals surface area contributed by atoms with E-state index in [9.17, 15) is 13.2 Å². The first kappa shape index (κ1) is 19.4. The molecule has 0 unspecified atom stereocenters. The number of carbonyl (C=O) groups excluding carboxylic acids is 1. The first-order valence-corrected chi connectivity index (χ1v) is 10.7. The Kier molecular flexibility index (Phi) is 5.01. The molecule has 1 aliphatic heterocycles. The van der Waals surface area contributed by atoms with Gasteiger partial charge in [-0.2, -0.15) is 14.5 Å². The number of hydrogen-bond donors (Lipinski definition) is 2. The van der Waals surface area contributed by atoms with Crippen molar-refractivity contribution in [3.63, 3.8) is 0 Å². The lowest BCUT2D eigenvalue weighted by Gasteiger charge is -2.21. The summed E-state index contributed by atoms with van der Waals surface area (Å²) in [5, 5.41) is 13.6. The number of rotatable bonds is 4. The van der Waals surface area contributed by atoms with Crippen LogP contribution >= 0.6 is 0 Å². The molecule has 0 spiro atoms. The second-order valence-electron chi connectivity index (χ2n) is 6.96. The number of amides is 1. The molecule has 154 valence electrons. The van der Waals surface area contributed by atoms with Gasteiger partial charge in [0.15, 0.2) is 11.5 Å². The molecular weight excluding hydrogens is 396 g/mol. The molecule has 1 fully saturated rings. The SMILES string of the molecule is Cc1n[nH]c(C)c1S(=O)(=O)N1CCCN(C(=O)c2cc(-c3ccco3)[nH]n2)CC1. The van der Waals surface area contributed by atoms with Gasteiger partial charge in [0.05, 0.1) is 17.7 Å². The molecule has 10 nitrogen and oxygen atoms in total. The van der Waals surface area contributed by atoms with Crippen LogP contribution in [0.2, 0.25) is 0 Å². The van der Waals surface area contributed by atoms with Crippen LogP contribution in [0.1, 0.15) is 28.3 Å². The van der Waals surface area contributed by atoms with Gasteiger partial charge in [-0.05, 0) is 32.4 Å². The fourth-order valence-electron chi connectivity index (χ4n) is 3.54. The molecule has 11 heteroatoms. The van der Waals surface area contributed by atoms with E-state index in [1.165, 1.54) is 4.31 Å². The summed E-state index contributed by atoms with van der Waals surface area (Å²) in [5.74, 6) is 0.351. The van der Waals surface area contributed by atoms with Crippen molar-refractivity contribution in [1.29, 1.82) is 0 Å². The molecule has 1 saturated heterocycles. The van der Waals surface area contributed by atoms with Gasteiger partial charge in [-0.1, -0.05) is 0 Å². The molecule has 3 aromatic heterocycles. The largest absolute Gasteiger partial charge is 0.463 e. The zero-order valence-electron chi connectivity index (χ0n) is 16.2. The number of aryl methyl sites for hydroxylation is 2. The van der Waals surface area contributed by atoms with E-state index in [-0.39, 0.29) is 29.6 Å². The fraction of sp³-hybridized carbons (Fsp3) is 0.389. The minimum Gasteiger partial charge on any atom is -0.463 e. The highest BCUT2D eigenvalue weighted by molar-refractivity contribution is 7.89. The summed E-state index contributed by atoms with van der Waals surface area (Å²) < 4.78 is 32.8. The molecule has 0 atom stereocenters. The number of carbonyl (C=O) groups is 1. The second-order valence-corrected chi connectivity index (χ2v) is 8.83. The number of aromatic amines is 2. The van der Waals surface area contributed by atoms with Crippen LogP contribution in [-0.4, -0.2) is 70.1 Å². The molecule has 29 heavy (non-hydrogen) atoms. The van der Waals surface area contributed by atoms with Crippen molar-refractivity contribution >= 4 is 15.9 Å². The van der Waals surface area contributed by atoms with E-state index >= 15 is 0 Å². The molecule has 0 saturated carbocycles. The summed E-state index contributed by atoms with van der Waals surface area (Å²) in [7, 11) is -3.68. The molecule has 1 aliphatic rings. The van der Waals surface area contributed by atoms with Crippen molar-refractivity contribution in [2.45, 2.75) is 25.2 Å². The molecule has 0 aliphatic carbocycles. The number of furan rings is 1. The summed E-state index contributed by atoms with van der Waals surface area (Å²) in [6, 6.07) is 5.17. The summed E-state index contributed by atoms with van der Waals surface area (Å²) in [6.45, 7) is 4.66. The van der Waals surface area contributed by atoms with E-state index in [1.54, 1.807) is 43.2 Å². The average Bonchev–Trinajstić information content (AvgIpc) is 3.39. The van der Waals surface area contributed by atoms with Crippen LogP contribution in [0.3, 0.4) is 0 Å². The molecule has 4 rings (SSSR count). The molecule has 0 bridgehead atoms. The predicted molar refractivity (Wildman–Crippen MR) is 104 cm³/mol. The Morgan fingerprint density at radius 3 is 2.66 bits per heavy atom. The molecule has 3 aromatic rings. The Bertz CT molecular complexity index is 1100. The number of aromatic nitrogens is 4. The predicted octanol–water partition coefficient (Wildman–Crippen LogP) is 1.55. The van der Waals surface area contributed by atoms with Crippen LogP contribution in [0.5, 0.6) is 0 Å². The van der Waals surface area contributed by atoms with Crippen LogP contribution in [0, 0.1) is 13.8 Å². The third kappa shape index (κ3) is 3.58. The van der Waals surface area contributed by atoms with Crippen LogP contribution < -0.4 is 0 Å². The Labute approximate surface area is 167 Å². The lowest BCUT2D eigenvalue weighted by atomic mass is 10.2. The highest BCUT2D eigenvalue weighted by atomic mass is 32.2. The summed E-state index contributed by atoms with van der Waals surface area (Å²) in [4.78, 5) is 14.7. The van der Waals surface area contributed by atoms with Gasteiger partial charge < -0.3 is 9.32 Å². The van der Waals surface area contributed by atoms with Gasteiger partial charge in [-0.25, -0.2) is 8.42 Å². The highest BCUT2D eigenvalue weighted by Gasteiger charge is 2.32. The van der Waals surface area contributed by atoms with E-state index in [0.717, 1.165) is 0 Å². The first-order chi connectivity index (χ1) is 13.9. The highest BCUT2D eigenvalue weighted by Crippen LogP contribution is 2.23. The van der Waals surface area contributed by atoms with Crippen molar-refractivity contribution in [3.05, 3.63) is 41.5 Å². The van der Waals surface area contributed by atoms with Gasteiger partial charge in [-0.3, -0.25) is 15.0 Å². The van der Waals surface area contributed by atoms with Crippen LogP contribution in [0.15, 0.2) is 33.8 Å². The van der Waals surface area contributed by atoms with E-state index in [4.69, 9.17) is 4.42 Å². The number of hydrogen-bond acceptors (Lipinski definition) is 6. The maximum absolute atomic E-state index is 13.1. The van der Waals surface area contributed by atoms with Gasteiger partial charge in [0, 0.05) is 32.2 Å². The Balaban J connectivity index is 1.48. The number of H-pyrrole nitrogens is 2. The Morgan fingerprint density at radius 2 is 1.97 bits per heavy atom. The normalized spacial score (nSPS) is 16.1. The summed E-state index contributed by atoms with van der Waals surface area (Å²) in [5.41, 5.74) is 1.85. The first-order valence-electron chi connectivity index (χ1n) is 9.28. The standard InChI is InChI=1S/C18H22N6O4S/c1-12-17(13(2)20-19-12)29(26,27)24-7-4-6-23(8-9-24)18(25)15-11-14(21-22-15)16-5-3-10-28-16/h3,5,10-11H,4,6-9H2,1-2H3,(H,19,20)(H,21,22). The van der Waals surface area contributed by atoms with Gasteiger partial charge in [0.25, 0.3) is 5.91 Å². The Hall–Kier alpha value is -2.92. The van der Waals surface area contributed by atoms with Crippen molar-refractivity contribution in [2.75, 3.05) is 26.2 Å². The maximum Gasteiger partial charge on any atom is 0.274 e. The van der Waals surface area contributed by atoms with Crippen molar-refractivity contribution < 1.29 is 17.6 Å². The van der Waals surface area contributed by atoms with E-state index in [1.807, 2.05) is 0 Å². The Morgan fingerprint density at radius 1 is 1.14 bits per heavy atom. The van der Waals surface area contributed by atoms with Gasteiger partial charge >= 0.3 is 0 Å². The lowest BCUT2D eigenvalue weighted by molar-refractivity contribution is 0.0758. The summed E-state index contributed by atoms with van der Waals surface area (Å²) >= 11 is 0. The average molecular weight is 418 g/mol. The van der Waals surface area contributed by atoms with E-state index in [0.29, 0.717) is 42.4 Å². The topological polar surface area (TPSA) is 128 Å². The zero-order chi connectivity index (χ0) is 20.6. The lowest BCUT2D eigenvalue weighted by Crippen LogP contribution is -2.37. The molecule has 4 heterocycles. The second kappa shape index (κ2) is 7.48. The van der Waals surface area contributed by atoms with Crippen molar-refractivity contribution in [2.24, 2.45) is 0 Å². The van der Waals surface area contributed by atoms with Gasteiger partial charge in [0.1, 0.15) is 10.6 Å². The van der Waals surface area contributed by atoms with Crippen molar-refractivity contribution in [1.82, 2.24) is 29.6 Å². The van der Waals surface area contributed by atoms with E-state index < -0.39 is 10.0 Å². The number of sulfonamides is 1. The van der Waals surface area contributed by atoms with Gasteiger partial charge in [0.2, 0.25) is 10.0 Å². The molecule has 1 amide bonds. The number of nitrogens with one attached hydrogen (secondary N) is 2. The maximum atomic E-state index is 13.1. The van der Waals surface area contributed by atoms with Crippen LogP contribution in [0.25, 0.3) is 11.5 Å². The van der Waals surface area contributed by atoms with Crippen LogP contribution in [-0.2, 0) is 10.0 Å². The fourth-order valence-corrected chi connectivity index (χ4v) is 5.34. The van der Waals surface area contributed by atoms with Crippen molar-refractivity contribution in [3.8, 4) is 11.5 Å². The van der Waals surface area contributed by atoms with Gasteiger partial charge in [-0.15, -0.1) is 0 Å². The molecular formula is C18H22N6O4S. The minimum atomic E-state index is -3.68. The smallest absolute Gasteiger partial charge is 0.274 e.